The fraction of sp³-hybridized carbons (Fsp3) is 0.778. The maximum atomic E-state index is 12.7. The highest BCUT2D eigenvalue weighted by Gasteiger charge is 2.26. The summed E-state index contributed by atoms with van der Waals surface area (Å²) in [4.78, 5) is 35.0. The molecule has 0 rings (SSSR count). The van der Waals surface area contributed by atoms with Crippen LogP contribution in [-0.2, 0) is 32.7 Å². The molecule has 2 unspecified atom stereocenters. The van der Waals surface area contributed by atoms with Crippen molar-refractivity contribution in [3.05, 3.63) is 60.8 Å². The predicted molar refractivity (Wildman–Crippen MR) is 270 cm³/mol. The molecule has 0 aliphatic rings. The third-order valence-electron chi connectivity index (χ3n) is 11.1. The lowest BCUT2D eigenvalue weighted by atomic mass is 10.0. The van der Waals surface area contributed by atoms with Crippen LogP contribution in [0.2, 0.25) is 0 Å². The molecule has 0 saturated heterocycles. The monoisotopic (exact) mass is 920 g/mol. The van der Waals surface area contributed by atoms with E-state index in [1.54, 1.807) is 0 Å². The molecule has 0 aliphatic heterocycles. The van der Waals surface area contributed by atoms with Gasteiger partial charge in [-0.05, 0) is 77.0 Å². The summed E-state index contributed by atoms with van der Waals surface area (Å²) in [6.07, 6.45) is 61.3. The number of nitrogens with two attached hydrogens (primary N) is 1. The van der Waals surface area contributed by atoms with Gasteiger partial charge in [-0.3, -0.25) is 18.6 Å². The first-order chi connectivity index (χ1) is 31.3. The van der Waals surface area contributed by atoms with Gasteiger partial charge in [-0.1, -0.05) is 209 Å². The second-order valence-electron chi connectivity index (χ2n) is 17.4. The molecule has 372 valence electrons. The van der Waals surface area contributed by atoms with Crippen LogP contribution in [0.5, 0.6) is 0 Å². The molecule has 64 heavy (non-hydrogen) atoms. The van der Waals surface area contributed by atoms with Crippen LogP contribution in [-0.4, -0.2) is 49.3 Å². The molecule has 0 bridgehead atoms. The Morgan fingerprint density at radius 1 is 0.469 bits per heavy atom. The van der Waals surface area contributed by atoms with Crippen LogP contribution >= 0.6 is 7.82 Å². The summed E-state index contributed by atoms with van der Waals surface area (Å²) >= 11 is 0. The Morgan fingerprint density at radius 3 is 1.25 bits per heavy atom. The number of ether oxygens (including phenoxy) is 2. The van der Waals surface area contributed by atoms with Crippen molar-refractivity contribution in [2.45, 2.75) is 245 Å². The summed E-state index contributed by atoms with van der Waals surface area (Å²) in [5, 5.41) is 0. The van der Waals surface area contributed by atoms with Gasteiger partial charge in [0.05, 0.1) is 13.2 Å². The van der Waals surface area contributed by atoms with Crippen LogP contribution < -0.4 is 5.73 Å². The lowest BCUT2D eigenvalue weighted by molar-refractivity contribution is -0.161. The van der Waals surface area contributed by atoms with E-state index in [4.69, 9.17) is 24.3 Å². The number of esters is 2. The van der Waals surface area contributed by atoms with E-state index in [1.807, 2.05) is 0 Å². The van der Waals surface area contributed by atoms with Crippen LogP contribution in [0, 0.1) is 0 Å². The summed E-state index contributed by atoms with van der Waals surface area (Å²) in [6.45, 7) is 3.68. The number of phosphoric ester groups is 1. The molecule has 3 N–H and O–H groups in total. The molecule has 0 saturated carbocycles. The van der Waals surface area contributed by atoms with E-state index in [9.17, 15) is 19.0 Å². The molecule has 0 fully saturated rings. The molecular weight excluding hydrogens is 822 g/mol. The Kier molecular flexibility index (Phi) is 48.3. The van der Waals surface area contributed by atoms with E-state index in [0.29, 0.717) is 12.8 Å². The molecule has 0 aromatic heterocycles. The van der Waals surface area contributed by atoms with Crippen molar-refractivity contribution < 1.29 is 37.6 Å². The zero-order chi connectivity index (χ0) is 46.7. The second kappa shape index (κ2) is 50.1. The average Bonchev–Trinajstić information content (AvgIpc) is 3.28. The van der Waals surface area contributed by atoms with Gasteiger partial charge in [0.1, 0.15) is 6.61 Å². The van der Waals surface area contributed by atoms with Crippen LogP contribution in [0.3, 0.4) is 0 Å². The van der Waals surface area contributed by atoms with Crippen LogP contribution in [0.25, 0.3) is 0 Å². The van der Waals surface area contributed by atoms with Crippen molar-refractivity contribution in [2.24, 2.45) is 5.73 Å². The summed E-state index contributed by atoms with van der Waals surface area (Å²) in [6, 6.07) is 0. The topological polar surface area (TPSA) is 134 Å². The number of carbonyl (C=O) groups excluding carboxylic acids is 2. The molecule has 2 atom stereocenters. The van der Waals surface area contributed by atoms with E-state index in [-0.39, 0.29) is 32.6 Å². The SMILES string of the molecule is CCCC/C=C\C/C=C\CCCCCCCC(=O)OCC(COP(=O)(O)OCCN)OC(=O)CCCCCCCCCCCCCCCC/C=C\C/C=C\C/C=C\CCCCCCC. The van der Waals surface area contributed by atoms with Gasteiger partial charge in [-0.25, -0.2) is 4.57 Å². The Hall–Kier alpha value is -2.29. The summed E-state index contributed by atoms with van der Waals surface area (Å²) in [7, 11) is -4.39. The molecule has 0 radical (unpaired) electrons. The lowest BCUT2D eigenvalue weighted by Crippen LogP contribution is -2.29. The first-order valence-corrected chi connectivity index (χ1v) is 27.8. The first-order valence-electron chi connectivity index (χ1n) is 26.3. The predicted octanol–water partition coefficient (Wildman–Crippen LogP) is 16.0. The minimum Gasteiger partial charge on any atom is -0.462 e. The summed E-state index contributed by atoms with van der Waals surface area (Å²) in [5.74, 6) is -0.843. The third-order valence-corrected chi connectivity index (χ3v) is 12.1. The molecule has 9 nitrogen and oxygen atoms in total. The number of rotatable bonds is 49. The number of allylic oxidation sites excluding steroid dienone is 10. The zero-order valence-corrected chi connectivity index (χ0v) is 42.2. The molecule has 0 spiro atoms. The van der Waals surface area contributed by atoms with E-state index in [1.165, 1.54) is 122 Å². The van der Waals surface area contributed by atoms with Crippen LogP contribution in [0.4, 0.5) is 0 Å². The molecule has 0 amide bonds. The van der Waals surface area contributed by atoms with Crippen molar-refractivity contribution in [2.75, 3.05) is 26.4 Å². The minimum absolute atomic E-state index is 0.0498. The summed E-state index contributed by atoms with van der Waals surface area (Å²) in [5.41, 5.74) is 5.36. The van der Waals surface area contributed by atoms with E-state index < -0.39 is 32.5 Å². The Balaban J connectivity index is 3.97. The normalized spacial score (nSPS) is 13.6. The van der Waals surface area contributed by atoms with Gasteiger partial charge in [-0.15, -0.1) is 0 Å². The van der Waals surface area contributed by atoms with Crippen molar-refractivity contribution in [1.82, 2.24) is 0 Å². The fourth-order valence-electron chi connectivity index (χ4n) is 7.19. The van der Waals surface area contributed by atoms with E-state index in [2.05, 4.69) is 74.6 Å². The zero-order valence-electron chi connectivity index (χ0n) is 41.3. The number of phosphoric acid groups is 1. The van der Waals surface area contributed by atoms with Gasteiger partial charge >= 0.3 is 19.8 Å². The number of carbonyl (C=O) groups is 2. The Labute approximate surface area is 393 Å². The van der Waals surface area contributed by atoms with Crippen molar-refractivity contribution in [3.63, 3.8) is 0 Å². The maximum absolute atomic E-state index is 12.7. The molecule has 10 heteroatoms. The van der Waals surface area contributed by atoms with Gasteiger partial charge in [0.15, 0.2) is 6.10 Å². The van der Waals surface area contributed by atoms with Crippen molar-refractivity contribution in [3.8, 4) is 0 Å². The van der Waals surface area contributed by atoms with Crippen molar-refractivity contribution >= 4 is 19.8 Å². The quantitative estimate of drug-likeness (QED) is 0.0265. The Bertz CT molecular complexity index is 1230. The highest BCUT2D eigenvalue weighted by molar-refractivity contribution is 7.47. The highest BCUT2D eigenvalue weighted by Crippen LogP contribution is 2.43. The van der Waals surface area contributed by atoms with Gasteiger partial charge in [0, 0.05) is 19.4 Å². The second-order valence-corrected chi connectivity index (χ2v) is 18.8. The molecule has 0 aliphatic carbocycles. The number of unbranched alkanes of at least 4 members (excludes halogenated alkanes) is 26. The lowest BCUT2D eigenvalue weighted by Gasteiger charge is -2.19. The largest absolute Gasteiger partial charge is 0.472 e. The smallest absolute Gasteiger partial charge is 0.462 e. The van der Waals surface area contributed by atoms with Gasteiger partial charge in [-0.2, -0.15) is 0 Å². The van der Waals surface area contributed by atoms with Crippen molar-refractivity contribution in [1.29, 1.82) is 0 Å². The van der Waals surface area contributed by atoms with Crippen LogP contribution in [0.1, 0.15) is 239 Å². The average molecular weight is 920 g/mol. The molecule has 0 heterocycles. The van der Waals surface area contributed by atoms with Crippen LogP contribution in [0.15, 0.2) is 60.8 Å². The first kappa shape index (κ1) is 61.7. The fourth-order valence-corrected chi connectivity index (χ4v) is 7.95. The Morgan fingerprint density at radius 2 is 0.828 bits per heavy atom. The molecular formula is C54H98NO8P. The highest BCUT2D eigenvalue weighted by atomic mass is 31.2. The molecule has 0 aromatic rings. The van der Waals surface area contributed by atoms with Gasteiger partial charge < -0.3 is 20.1 Å². The summed E-state index contributed by atoms with van der Waals surface area (Å²) < 4.78 is 32.9. The van der Waals surface area contributed by atoms with E-state index in [0.717, 1.165) is 77.0 Å². The van der Waals surface area contributed by atoms with E-state index >= 15 is 0 Å². The number of hydrogen-bond acceptors (Lipinski definition) is 8. The maximum Gasteiger partial charge on any atom is 0.472 e. The standard InChI is InChI=1S/C54H98NO8P/c1-3-5-7-9-11-13-15-17-19-20-21-22-23-24-25-26-27-28-29-30-31-32-33-35-37-39-41-43-45-47-54(57)63-52(51-62-64(58,59)61-49-48-55)50-60-53(56)46-44-42-40-38-36-34-18-16-14-12-10-8-6-4-2/h10,12,15-18,20-21,23-24,52H,3-9,11,13-14,19,22,25-51,55H2,1-2H3,(H,58,59)/b12-10-,17-15-,18-16-,21-20-,24-23-. The third kappa shape index (κ3) is 49.2. The molecule has 0 aromatic carbocycles. The minimum atomic E-state index is -4.39. The number of hydrogen-bond donors (Lipinski definition) is 2. The van der Waals surface area contributed by atoms with Gasteiger partial charge in [0.2, 0.25) is 0 Å². The van der Waals surface area contributed by atoms with Gasteiger partial charge in [0.25, 0.3) is 0 Å².